The van der Waals surface area contributed by atoms with Gasteiger partial charge in [0.25, 0.3) is 0 Å². The minimum Gasteiger partial charge on any atom is -0.395 e. The van der Waals surface area contributed by atoms with Gasteiger partial charge in [-0.25, -0.2) is 8.42 Å². The number of nitrogens with zero attached hydrogens (tertiary/aromatic N) is 2. The number of amides is 1. The molecule has 0 saturated carbocycles. The minimum atomic E-state index is -3.60. The van der Waals surface area contributed by atoms with Gasteiger partial charge in [-0.1, -0.05) is 0 Å². The monoisotopic (exact) mass is 312 g/mol. The van der Waals surface area contributed by atoms with Crippen LogP contribution in [0.2, 0.25) is 0 Å². The molecule has 0 atom stereocenters. The van der Waals surface area contributed by atoms with E-state index in [4.69, 9.17) is 5.11 Å². The molecule has 1 aromatic rings. The standard InChI is InChI=1S/C14H20N2O4S/c1-11(18)16-7-3-4-12-10-13(5-6-14(12)16)21(19,20)15(2)8-9-17/h5-6,10,17H,3-4,7-9H2,1-2H3. The van der Waals surface area contributed by atoms with Gasteiger partial charge >= 0.3 is 0 Å². The summed E-state index contributed by atoms with van der Waals surface area (Å²) in [6, 6.07) is 4.84. The van der Waals surface area contributed by atoms with Gasteiger partial charge in [0.2, 0.25) is 15.9 Å². The molecule has 0 bridgehead atoms. The summed E-state index contributed by atoms with van der Waals surface area (Å²) in [5.41, 5.74) is 1.66. The van der Waals surface area contributed by atoms with Crippen LogP contribution >= 0.6 is 0 Å². The number of hydrogen-bond donors (Lipinski definition) is 1. The summed E-state index contributed by atoms with van der Waals surface area (Å²) in [6.07, 6.45) is 1.58. The van der Waals surface area contributed by atoms with Crippen molar-refractivity contribution in [1.82, 2.24) is 4.31 Å². The first-order valence-electron chi connectivity index (χ1n) is 6.86. The molecule has 1 heterocycles. The average Bonchev–Trinajstić information content (AvgIpc) is 2.46. The van der Waals surface area contributed by atoms with Gasteiger partial charge in [0.15, 0.2) is 0 Å². The lowest BCUT2D eigenvalue weighted by Gasteiger charge is -2.29. The fourth-order valence-electron chi connectivity index (χ4n) is 2.50. The van der Waals surface area contributed by atoms with E-state index in [9.17, 15) is 13.2 Å². The Bertz CT molecular complexity index is 642. The largest absolute Gasteiger partial charge is 0.395 e. The summed E-state index contributed by atoms with van der Waals surface area (Å²) >= 11 is 0. The number of benzene rings is 1. The van der Waals surface area contributed by atoms with Gasteiger partial charge in [0, 0.05) is 32.7 Å². The quantitative estimate of drug-likeness (QED) is 0.883. The molecule has 0 aliphatic carbocycles. The van der Waals surface area contributed by atoms with Crippen LogP contribution in [0.1, 0.15) is 18.9 Å². The third kappa shape index (κ3) is 3.09. The second-order valence-electron chi connectivity index (χ2n) is 5.11. The van der Waals surface area contributed by atoms with E-state index < -0.39 is 10.0 Å². The molecule has 6 nitrogen and oxygen atoms in total. The topological polar surface area (TPSA) is 77.9 Å². The molecule has 0 radical (unpaired) electrons. The molecule has 0 fully saturated rings. The van der Waals surface area contributed by atoms with E-state index in [2.05, 4.69) is 0 Å². The smallest absolute Gasteiger partial charge is 0.242 e. The van der Waals surface area contributed by atoms with E-state index in [1.54, 1.807) is 17.0 Å². The van der Waals surface area contributed by atoms with E-state index in [1.165, 1.54) is 20.0 Å². The maximum absolute atomic E-state index is 12.4. The molecular formula is C14H20N2O4S. The van der Waals surface area contributed by atoms with Crippen molar-refractivity contribution in [2.75, 3.05) is 31.6 Å². The molecule has 1 aromatic carbocycles. The summed E-state index contributed by atoms with van der Waals surface area (Å²) in [5, 5.41) is 8.88. The van der Waals surface area contributed by atoms with Gasteiger partial charge < -0.3 is 10.0 Å². The van der Waals surface area contributed by atoms with Crippen LogP contribution in [-0.4, -0.2) is 50.5 Å². The van der Waals surface area contributed by atoms with Gasteiger partial charge in [0.05, 0.1) is 11.5 Å². The predicted octanol–water partition coefficient (Wildman–Crippen LogP) is 0.599. The van der Waals surface area contributed by atoms with E-state index in [0.717, 1.165) is 28.4 Å². The van der Waals surface area contributed by atoms with Crippen molar-refractivity contribution in [3.8, 4) is 0 Å². The molecule has 2 rings (SSSR count). The lowest BCUT2D eigenvalue weighted by atomic mass is 10.0. The summed E-state index contributed by atoms with van der Waals surface area (Å²) < 4.78 is 25.8. The number of likely N-dealkylation sites (N-methyl/N-ethyl adjacent to an activating group) is 1. The van der Waals surface area contributed by atoms with Crippen molar-refractivity contribution < 1.29 is 18.3 Å². The average molecular weight is 312 g/mol. The Morgan fingerprint density at radius 2 is 2.14 bits per heavy atom. The molecular weight excluding hydrogens is 292 g/mol. The maximum Gasteiger partial charge on any atom is 0.242 e. The SMILES string of the molecule is CC(=O)N1CCCc2cc(S(=O)(=O)N(C)CCO)ccc21. The van der Waals surface area contributed by atoms with E-state index in [1.807, 2.05) is 0 Å². The molecule has 0 aromatic heterocycles. The lowest BCUT2D eigenvalue weighted by Crippen LogP contribution is -2.34. The summed E-state index contributed by atoms with van der Waals surface area (Å²) in [6.45, 7) is 2.01. The van der Waals surface area contributed by atoms with Gasteiger partial charge in [0.1, 0.15) is 0 Å². The third-order valence-electron chi connectivity index (χ3n) is 3.67. The number of sulfonamides is 1. The maximum atomic E-state index is 12.4. The van der Waals surface area contributed by atoms with Gasteiger partial charge in [-0.3, -0.25) is 4.79 Å². The number of aliphatic hydroxyl groups is 1. The fourth-order valence-corrected chi connectivity index (χ4v) is 3.72. The third-order valence-corrected chi connectivity index (χ3v) is 5.53. The van der Waals surface area contributed by atoms with Crippen molar-refractivity contribution in [1.29, 1.82) is 0 Å². The Kier molecular flexibility index (Phi) is 4.65. The lowest BCUT2D eigenvalue weighted by molar-refractivity contribution is -0.116. The number of carbonyl (C=O) groups is 1. The zero-order valence-corrected chi connectivity index (χ0v) is 13.1. The van der Waals surface area contributed by atoms with Crippen molar-refractivity contribution in [3.05, 3.63) is 23.8 Å². The minimum absolute atomic E-state index is 0.0380. The predicted molar refractivity (Wildman–Crippen MR) is 79.7 cm³/mol. The van der Waals surface area contributed by atoms with Crippen molar-refractivity contribution in [2.24, 2.45) is 0 Å². The second kappa shape index (κ2) is 6.13. The van der Waals surface area contributed by atoms with Crippen LogP contribution < -0.4 is 4.90 Å². The molecule has 1 amide bonds. The molecule has 116 valence electrons. The Balaban J connectivity index is 2.40. The molecule has 1 aliphatic heterocycles. The zero-order valence-electron chi connectivity index (χ0n) is 12.2. The van der Waals surface area contributed by atoms with Crippen LogP contribution in [0.25, 0.3) is 0 Å². The number of carbonyl (C=O) groups excluding carboxylic acids is 1. The van der Waals surface area contributed by atoms with Crippen LogP contribution in [0.3, 0.4) is 0 Å². The number of fused-ring (bicyclic) bond motifs is 1. The Labute approximate surface area is 125 Å². The van der Waals surface area contributed by atoms with Gasteiger partial charge in [-0.2, -0.15) is 4.31 Å². The molecule has 0 unspecified atom stereocenters. The van der Waals surface area contributed by atoms with Crippen LogP contribution in [0.15, 0.2) is 23.1 Å². The highest BCUT2D eigenvalue weighted by Crippen LogP contribution is 2.30. The highest BCUT2D eigenvalue weighted by Gasteiger charge is 2.25. The van der Waals surface area contributed by atoms with Crippen molar-refractivity contribution in [3.63, 3.8) is 0 Å². The van der Waals surface area contributed by atoms with Gasteiger partial charge in [-0.15, -0.1) is 0 Å². The number of rotatable bonds is 4. The number of aliphatic hydroxyl groups excluding tert-OH is 1. The summed E-state index contributed by atoms with van der Waals surface area (Å²) in [7, 11) is -2.17. The van der Waals surface area contributed by atoms with Crippen LogP contribution in [0.4, 0.5) is 5.69 Å². The van der Waals surface area contributed by atoms with E-state index in [-0.39, 0.29) is 24.0 Å². The first kappa shape index (κ1) is 15.9. The number of aryl methyl sites for hydroxylation is 1. The molecule has 0 spiro atoms. The van der Waals surface area contributed by atoms with Crippen LogP contribution in [0.5, 0.6) is 0 Å². The van der Waals surface area contributed by atoms with E-state index >= 15 is 0 Å². The fraction of sp³-hybridized carbons (Fsp3) is 0.500. The Morgan fingerprint density at radius 1 is 1.43 bits per heavy atom. The normalized spacial score (nSPS) is 15.1. The number of hydrogen-bond acceptors (Lipinski definition) is 4. The molecule has 1 N–H and O–H groups in total. The first-order valence-corrected chi connectivity index (χ1v) is 8.30. The highest BCUT2D eigenvalue weighted by molar-refractivity contribution is 7.89. The zero-order chi connectivity index (χ0) is 15.6. The number of anilines is 1. The molecule has 7 heteroatoms. The Morgan fingerprint density at radius 3 is 2.76 bits per heavy atom. The van der Waals surface area contributed by atoms with E-state index in [0.29, 0.717) is 6.54 Å². The summed E-state index contributed by atoms with van der Waals surface area (Å²) in [4.78, 5) is 13.5. The Hall–Kier alpha value is -1.44. The first-order chi connectivity index (χ1) is 9.87. The summed E-state index contributed by atoms with van der Waals surface area (Å²) in [5.74, 6) is -0.0380. The molecule has 0 saturated heterocycles. The molecule has 21 heavy (non-hydrogen) atoms. The van der Waals surface area contributed by atoms with Gasteiger partial charge in [-0.05, 0) is 36.6 Å². The van der Waals surface area contributed by atoms with Crippen molar-refractivity contribution in [2.45, 2.75) is 24.7 Å². The molecule has 1 aliphatic rings. The highest BCUT2D eigenvalue weighted by atomic mass is 32.2. The van der Waals surface area contributed by atoms with Crippen LogP contribution in [0, 0.1) is 0 Å². The van der Waals surface area contributed by atoms with Crippen LogP contribution in [-0.2, 0) is 21.2 Å². The second-order valence-corrected chi connectivity index (χ2v) is 7.16. The van der Waals surface area contributed by atoms with Crippen molar-refractivity contribution >= 4 is 21.6 Å².